The summed E-state index contributed by atoms with van der Waals surface area (Å²) in [6.07, 6.45) is 1.70. The van der Waals surface area contributed by atoms with Gasteiger partial charge in [0.25, 0.3) is 0 Å². The molecule has 0 radical (unpaired) electrons. The maximum atomic E-state index is 12.1. The molecule has 1 heterocycles. The van der Waals surface area contributed by atoms with Crippen LogP contribution in [0.25, 0.3) is 0 Å². The zero-order valence-electron chi connectivity index (χ0n) is 13.8. The normalized spacial score (nSPS) is 14.9. The first kappa shape index (κ1) is 18.1. The first-order valence-corrected chi connectivity index (χ1v) is 9.57. The maximum absolute atomic E-state index is 12.1. The standard InChI is InChI=1S/C19H21ClN2O2S/c20-15-5-7-16(8-6-15)25-18-4-2-1-3-17(18)22-19(23)24-13-14-9-11-21-12-10-14/h1-8,14,21H,9-13H2,(H,22,23). The van der Waals surface area contributed by atoms with Crippen molar-refractivity contribution < 1.29 is 9.53 Å². The van der Waals surface area contributed by atoms with E-state index in [0.29, 0.717) is 17.5 Å². The van der Waals surface area contributed by atoms with Crippen molar-refractivity contribution in [3.8, 4) is 0 Å². The summed E-state index contributed by atoms with van der Waals surface area (Å²) >= 11 is 7.50. The number of piperidine rings is 1. The summed E-state index contributed by atoms with van der Waals surface area (Å²) in [4.78, 5) is 14.1. The summed E-state index contributed by atoms with van der Waals surface area (Å²) in [6, 6.07) is 15.3. The molecule has 2 N–H and O–H groups in total. The largest absolute Gasteiger partial charge is 0.449 e. The summed E-state index contributed by atoms with van der Waals surface area (Å²) in [5, 5.41) is 6.87. The number of hydrogen-bond donors (Lipinski definition) is 2. The number of hydrogen-bond acceptors (Lipinski definition) is 4. The average Bonchev–Trinajstić information content (AvgIpc) is 2.64. The third kappa shape index (κ3) is 5.66. The highest BCUT2D eigenvalue weighted by molar-refractivity contribution is 7.99. The average molecular weight is 377 g/mol. The van der Waals surface area contributed by atoms with Gasteiger partial charge in [0.1, 0.15) is 0 Å². The van der Waals surface area contributed by atoms with E-state index >= 15 is 0 Å². The molecule has 1 fully saturated rings. The number of nitrogens with one attached hydrogen (secondary N) is 2. The van der Waals surface area contributed by atoms with E-state index in [1.54, 1.807) is 11.8 Å². The molecule has 3 rings (SSSR count). The number of amides is 1. The minimum Gasteiger partial charge on any atom is -0.449 e. The molecule has 25 heavy (non-hydrogen) atoms. The monoisotopic (exact) mass is 376 g/mol. The van der Waals surface area contributed by atoms with Crippen molar-refractivity contribution in [1.82, 2.24) is 5.32 Å². The van der Waals surface area contributed by atoms with Gasteiger partial charge in [0.05, 0.1) is 12.3 Å². The highest BCUT2D eigenvalue weighted by Crippen LogP contribution is 2.34. The summed E-state index contributed by atoms with van der Waals surface area (Å²) in [5.41, 5.74) is 0.748. The molecule has 0 saturated carbocycles. The van der Waals surface area contributed by atoms with Crippen LogP contribution < -0.4 is 10.6 Å². The Balaban J connectivity index is 1.58. The smallest absolute Gasteiger partial charge is 0.411 e. The lowest BCUT2D eigenvalue weighted by molar-refractivity contribution is 0.130. The highest BCUT2D eigenvalue weighted by atomic mass is 35.5. The van der Waals surface area contributed by atoms with E-state index in [4.69, 9.17) is 16.3 Å². The summed E-state index contributed by atoms with van der Waals surface area (Å²) < 4.78 is 5.40. The number of ether oxygens (including phenoxy) is 1. The molecular weight excluding hydrogens is 356 g/mol. The topological polar surface area (TPSA) is 50.4 Å². The lowest BCUT2D eigenvalue weighted by Crippen LogP contribution is -2.31. The van der Waals surface area contributed by atoms with E-state index in [0.717, 1.165) is 41.4 Å². The Morgan fingerprint density at radius 2 is 1.88 bits per heavy atom. The van der Waals surface area contributed by atoms with Gasteiger partial charge in [-0.15, -0.1) is 0 Å². The van der Waals surface area contributed by atoms with Crippen LogP contribution in [0.15, 0.2) is 58.3 Å². The molecule has 1 aliphatic rings. The third-order valence-electron chi connectivity index (χ3n) is 4.07. The number of anilines is 1. The Kier molecular flexibility index (Phi) is 6.62. The second-order valence-corrected chi connectivity index (χ2v) is 7.52. The molecule has 4 nitrogen and oxygen atoms in total. The Hall–Kier alpha value is -1.69. The number of benzene rings is 2. The van der Waals surface area contributed by atoms with Crippen LogP contribution in [-0.4, -0.2) is 25.8 Å². The minimum atomic E-state index is -0.400. The number of rotatable bonds is 5. The van der Waals surface area contributed by atoms with Crippen molar-refractivity contribution in [3.63, 3.8) is 0 Å². The van der Waals surface area contributed by atoms with Gasteiger partial charge in [0, 0.05) is 14.8 Å². The van der Waals surface area contributed by atoms with Gasteiger partial charge in [-0.25, -0.2) is 4.79 Å². The first-order chi connectivity index (χ1) is 12.2. The Morgan fingerprint density at radius 3 is 2.64 bits per heavy atom. The van der Waals surface area contributed by atoms with Crippen LogP contribution in [0.4, 0.5) is 10.5 Å². The molecule has 1 aliphatic heterocycles. The van der Waals surface area contributed by atoms with Gasteiger partial charge in [-0.3, -0.25) is 5.32 Å². The fraction of sp³-hybridized carbons (Fsp3) is 0.316. The van der Waals surface area contributed by atoms with Gasteiger partial charge < -0.3 is 10.1 Å². The zero-order valence-corrected chi connectivity index (χ0v) is 15.4. The van der Waals surface area contributed by atoms with Crippen LogP contribution in [0.1, 0.15) is 12.8 Å². The molecule has 132 valence electrons. The number of para-hydroxylation sites is 1. The summed E-state index contributed by atoms with van der Waals surface area (Å²) in [5.74, 6) is 0.450. The predicted molar refractivity (Wildman–Crippen MR) is 103 cm³/mol. The molecule has 2 aromatic rings. The SMILES string of the molecule is O=C(Nc1ccccc1Sc1ccc(Cl)cc1)OCC1CCNCC1. The Morgan fingerprint density at radius 1 is 1.16 bits per heavy atom. The van der Waals surface area contributed by atoms with Crippen molar-refractivity contribution in [1.29, 1.82) is 0 Å². The van der Waals surface area contributed by atoms with Crippen molar-refractivity contribution >= 4 is 35.1 Å². The van der Waals surface area contributed by atoms with Crippen LogP contribution >= 0.6 is 23.4 Å². The van der Waals surface area contributed by atoms with E-state index in [1.165, 1.54) is 0 Å². The zero-order chi connectivity index (χ0) is 17.5. The van der Waals surface area contributed by atoms with Crippen molar-refractivity contribution in [2.24, 2.45) is 5.92 Å². The lowest BCUT2D eigenvalue weighted by Gasteiger charge is -2.22. The van der Waals surface area contributed by atoms with Crippen LogP contribution in [0.5, 0.6) is 0 Å². The molecule has 0 bridgehead atoms. The first-order valence-electron chi connectivity index (χ1n) is 8.37. The minimum absolute atomic E-state index is 0.400. The van der Waals surface area contributed by atoms with Gasteiger partial charge in [0.2, 0.25) is 0 Å². The lowest BCUT2D eigenvalue weighted by atomic mass is 9.99. The van der Waals surface area contributed by atoms with E-state index in [-0.39, 0.29) is 0 Å². The van der Waals surface area contributed by atoms with Gasteiger partial charge in [0.15, 0.2) is 0 Å². The quantitative estimate of drug-likeness (QED) is 0.767. The predicted octanol–water partition coefficient (Wildman–Crippen LogP) is 5.04. The van der Waals surface area contributed by atoms with Gasteiger partial charge in [-0.2, -0.15) is 0 Å². The fourth-order valence-corrected chi connectivity index (χ4v) is 3.70. The van der Waals surface area contributed by atoms with Gasteiger partial charge in [-0.1, -0.05) is 35.5 Å². The second kappa shape index (κ2) is 9.13. The Bertz CT molecular complexity index is 703. The van der Waals surface area contributed by atoms with Crippen LogP contribution in [-0.2, 0) is 4.74 Å². The van der Waals surface area contributed by atoms with E-state index < -0.39 is 6.09 Å². The molecule has 0 aliphatic carbocycles. The summed E-state index contributed by atoms with van der Waals surface area (Å²) in [6.45, 7) is 2.46. The molecule has 0 aromatic heterocycles. The molecule has 0 atom stereocenters. The third-order valence-corrected chi connectivity index (χ3v) is 5.41. The van der Waals surface area contributed by atoms with E-state index in [1.807, 2.05) is 48.5 Å². The van der Waals surface area contributed by atoms with E-state index in [2.05, 4.69) is 10.6 Å². The highest BCUT2D eigenvalue weighted by Gasteiger charge is 2.16. The maximum Gasteiger partial charge on any atom is 0.411 e. The summed E-state index contributed by atoms with van der Waals surface area (Å²) in [7, 11) is 0. The van der Waals surface area contributed by atoms with Crippen molar-refractivity contribution in [3.05, 3.63) is 53.6 Å². The van der Waals surface area contributed by atoms with Crippen LogP contribution in [0.3, 0.4) is 0 Å². The molecule has 0 unspecified atom stereocenters. The van der Waals surface area contributed by atoms with Gasteiger partial charge >= 0.3 is 6.09 Å². The van der Waals surface area contributed by atoms with Crippen molar-refractivity contribution in [2.75, 3.05) is 25.0 Å². The molecule has 6 heteroatoms. The number of halogens is 1. The van der Waals surface area contributed by atoms with Crippen molar-refractivity contribution in [2.45, 2.75) is 22.6 Å². The van der Waals surface area contributed by atoms with Crippen LogP contribution in [0.2, 0.25) is 5.02 Å². The number of carbonyl (C=O) groups excluding carboxylic acids is 1. The molecule has 2 aromatic carbocycles. The van der Waals surface area contributed by atoms with E-state index in [9.17, 15) is 4.79 Å². The molecule has 1 amide bonds. The molecule has 1 saturated heterocycles. The molecular formula is C19H21ClN2O2S. The van der Waals surface area contributed by atoms with Crippen LogP contribution in [0, 0.1) is 5.92 Å². The Labute approximate surface area is 157 Å². The second-order valence-electron chi connectivity index (χ2n) is 5.97. The fourth-order valence-electron chi connectivity index (χ4n) is 2.68. The number of carbonyl (C=O) groups is 1. The van der Waals surface area contributed by atoms with Gasteiger partial charge in [-0.05, 0) is 68.2 Å². The molecule has 0 spiro atoms.